The largest absolute Gasteiger partial charge is 0.432 e. The molecule has 0 aromatic carbocycles. The number of hydrogen-bond acceptors (Lipinski definition) is 5. The summed E-state index contributed by atoms with van der Waals surface area (Å²) in [6, 6.07) is 3.69. The Bertz CT molecular complexity index is 573. The predicted octanol–water partition coefficient (Wildman–Crippen LogP) is 2.55. The van der Waals surface area contributed by atoms with Crippen LogP contribution in [0.15, 0.2) is 22.1 Å². The van der Waals surface area contributed by atoms with Crippen molar-refractivity contribution in [3.8, 4) is 0 Å². The zero-order valence-corrected chi connectivity index (χ0v) is 11.6. The van der Waals surface area contributed by atoms with E-state index in [9.17, 15) is 0 Å². The first-order valence-electron chi connectivity index (χ1n) is 6.86. The van der Waals surface area contributed by atoms with E-state index in [4.69, 9.17) is 4.42 Å². The number of oxazole rings is 1. The number of aromatic nitrogens is 1. The van der Waals surface area contributed by atoms with Crippen molar-refractivity contribution in [2.45, 2.75) is 38.4 Å². The summed E-state index contributed by atoms with van der Waals surface area (Å²) in [6.07, 6.45) is 5.49. The van der Waals surface area contributed by atoms with Crippen LogP contribution >= 0.6 is 11.3 Å². The second kappa shape index (κ2) is 4.65. The van der Waals surface area contributed by atoms with Crippen molar-refractivity contribution in [2.75, 3.05) is 11.4 Å². The van der Waals surface area contributed by atoms with Crippen LogP contribution in [0.4, 0.5) is 6.01 Å². The third kappa shape index (κ3) is 2.40. The molecule has 0 unspecified atom stereocenters. The Morgan fingerprint density at radius 3 is 3.32 bits per heavy atom. The monoisotopic (exact) mass is 275 g/mol. The molecule has 0 radical (unpaired) electrons. The van der Waals surface area contributed by atoms with Crippen molar-refractivity contribution in [2.24, 2.45) is 0 Å². The smallest absolute Gasteiger partial charge is 0.297 e. The number of hydrogen-bond donors (Lipinski definition) is 1. The van der Waals surface area contributed by atoms with E-state index in [1.807, 2.05) is 11.3 Å². The molecular formula is C14H17N3OS. The second-order valence-electron chi connectivity index (χ2n) is 5.32. The van der Waals surface area contributed by atoms with Gasteiger partial charge in [-0.15, -0.1) is 11.3 Å². The van der Waals surface area contributed by atoms with Crippen molar-refractivity contribution in [3.63, 3.8) is 0 Å². The van der Waals surface area contributed by atoms with Gasteiger partial charge in [-0.1, -0.05) is 0 Å². The highest BCUT2D eigenvalue weighted by atomic mass is 32.1. The Hall–Kier alpha value is -1.33. The van der Waals surface area contributed by atoms with Gasteiger partial charge in [-0.25, -0.2) is 0 Å². The number of fused-ring (bicyclic) bond motifs is 1. The van der Waals surface area contributed by atoms with Crippen molar-refractivity contribution in [1.29, 1.82) is 0 Å². The lowest BCUT2D eigenvalue weighted by atomic mass is 10.1. The van der Waals surface area contributed by atoms with Crippen LogP contribution in [0.3, 0.4) is 0 Å². The molecule has 19 heavy (non-hydrogen) atoms. The number of thiophene rings is 1. The summed E-state index contributed by atoms with van der Waals surface area (Å²) in [6.45, 7) is 2.75. The number of rotatable bonds is 4. The maximum absolute atomic E-state index is 5.63. The van der Waals surface area contributed by atoms with Crippen LogP contribution in [0, 0.1) is 0 Å². The van der Waals surface area contributed by atoms with E-state index in [1.54, 1.807) is 6.26 Å². The van der Waals surface area contributed by atoms with Gasteiger partial charge in [0.15, 0.2) is 0 Å². The Labute approximate surface area is 116 Å². The third-order valence-corrected chi connectivity index (χ3v) is 4.79. The second-order valence-corrected chi connectivity index (χ2v) is 6.32. The molecule has 1 N–H and O–H groups in total. The van der Waals surface area contributed by atoms with E-state index >= 15 is 0 Å². The van der Waals surface area contributed by atoms with Gasteiger partial charge in [-0.2, -0.15) is 4.98 Å². The zero-order valence-electron chi connectivity index (χ0n) is 10.8. The average molecular weight is 275 g/mol. The van der Waals surface area contributed by atoms with Crippen molar-refractivity contribution >= 4 is 17.4 Å². The summed E-state index contributed by atoms with van der Waals surface area (Å²) in [5.41, 5.74) is 2.44. The van der Waals surface area contributed by atoms with Gasteiger partial charge in [0.2, 0.25) is 0 Å². The Kier molecular flexibility index (Phi) is 2.81. The molecule has 100 valence electrons. The van der Waals surface area contributed by atoms with Crippen LogP contribution in [-0.4, -0.2) is 17.6 Å². The zero-order chi connectivity index (χ0) is 12.7. The summed E-state index contributed by atoms with van der Waals surface area (Å²) in [5.74, 6) is 0. The Balaban J connectivity index is 1.44. The maximum atomic E-state index is 5.63. The van der Waals surface area contributed by atoms with Gasteiger partial charge in [0, 0.05) is 30.6 Å². The van der Waals surface area contributed by atoms with Crippen LogP contribution in [0.25, 0.3) is 0 Å². The highest BCUT2D eigenvalue weighted by Crippen LogP contribution is 2.27. The molecular weight excluding hydrogens is 258 g/mol. The first kappa shape index (κ1) is 11.5. The number of nitrogens with one attached hydrogen (secondary N) is 1. The minimum atomic E-state index is 0.712. The fraction of sp³-hybridized carbons (Fsp3) is 0.500. The van der Waals surface area contributed by atoms with Gasteiger partial charge in [0.05, 0.1) is 5.69 Å². The van der Waals surface area contributed by atoms with Crippen LogP contribution in [0.1, 0.15) is 29.0 Å². The Morgan fingerprint density at radius 2 is 2.42 bits per heavy atom. The van der Waals surface area contributed by atoms with E-state index in [2.05, 4.69) is 26.6 Å². The van der Waals surface area contributed by atoms with E-state index < -0.39 is 0 Å². The molecule has 1 aliphatic carbocycles. The van der Waals surface area contributed by atoms with E-state index in [1.165, 1.54) is 23.3 Å². The molecule has 0 bridgehead atoms. The van der Waals surface area contributed by atoms with Crippen LogP contribution in [0.5, 0.6) is 0 Å². The summed E-state index contributed by atoms with van der Waals surface area (Å²) in [5, 5.41) is 5.64. The number of nitrogens with zero attached hydrogens (tertiary/aromatic N) is 2. The van der Waals surface area contributed by atoms with Gasteiger partial charge in [0.1, 0.15) is 6.26 Å². The molecule has 2 aromatic heterocycles. The molecule has 1 saturated carbocycles. The van der Waals surface area contributed by atoms with Crippen LogP contribution in [-0.2, 0) is 19.5 Å². The van der Waals surface area contributed by atoms with Gasteiger partial charge in [0.25, 0.3) is 6.01 Å². The van der Waals surface area contributed by atoms with Crippen molar-refractivity contribution in [1.82, 2.24) is 10.3 Å². The molecule has 2 aliphatic rings. The fourth-order valence-electron chi connectivity index (χ4n) is 2.47. The molecule has 2 aromatic rings. The van der Waals surface area contributed by atoms with E-state index in [0.717, 1.165) is 37.8 Å². The van der Waals surface area contributed by atoms with E-state index in [-0.39, 0.29) is 0 Å². The lowest BCUT2D eigenvalue weighted by molar-refractivity contribution is 0.524. The summed E-state index contributed by atoms with van der Waals surface area (Å²) in [4.78, 5) is 8.34. The highest BCUT2D eigenvalue weighted by Gasteiger charge is 2.23. The third-order valence-electron chi connectivity index (χ3n) is 3.77. The van der Waals surface area contributed by atoms with Gasteiger partial charge in [-0.3, -0.25) is 0 Å². The molecule has 3 heterocycles. The first-order chi connectivity index (χ1) is 9.38. The average Bonchev–Trinajstić information content (AvgIpc) is 2.96. The standard InChI is InChI=1S/C14H17N3OS/c1-2-11(1)15-7-12-9-18-14(16-12)17-5-3-13-10(8-17)4-6-19-13/h4,6,9,11,15H,1-3,5,7-8H2. The topological polar surface area (TPSA) is 41.3 Å². The molecule has 0 spiro atoms. The normalized spacial score (nSPS) is 18.6. The summed E-state index contributed by atoms with van der Waals surface area (Å²) >= 11 is 1.86. The SMILES string of the molecule is c1cc2c(s1)CCN(c1nc(CNC3CC3)co1)C2. The molecule has 1 fully saturated rings. The number of anilines is 1. The first-order valence-corrected chi connectivity index (χ1v) is 7.74. The quantitative estimate of drug-likeness (QED) is 0.931. The van der Waals surface area contributed by atoms with Crippen molar-refractivity contribution in [3.05, 3.63) is 33.8 Å². The lowest BCUT2D eigenvalue weighted by Crippen LogP contribution is -2.29. The predicted molar refractivity (Wildman–Crippen MR) is 75.4 cm³/mol. The fourth-order valence-corrected chi connectivity index (χ4v) is 3.36. The lowest BCUT2D eigenvalue weighted by Gasteiger charge is -2.25. The van der Waals surface area contributed by atoms with Gasteiger partial charge in [-0.05, 0) is 36.3 Å². The minimum absolute atomic E-state index is 0.712. The Morgan fingerprint density at radius 1 is 1.47 bits per heavy atom. The molecule has 1 aliphatic heterocycles. The molecule has 4 rings (SSSR count). The molecule has 0 amide bonds. The van der Waals surface area contributed by atoms with Crippen LogP contribution < -0.4 is 10.2 Å². The minimum Gasteiger partial charge on any atom is -0.432 e. The maximum Gasteiger partial charge on any atom is 0.297 e. The van der Waals surface area contributed by atoms with Crippen LogP contribution in [0.2, 0.25) is 0 Å². The molecule has 0 atom stereocenters. The summed E-state index contributed by atoms with van der Waals surface area (Å²) < 4.78 is 5.63. The van der Waals surface area contributed by atoms with E-state index in [0.29, 0.717) is 6.04 Å². The summed E-state index contributed by atoms with van der Waals surface area (Å²) in [7, 11) is 0. The molecule has 5 heteroatoms. The van der Waals surface area contributed by atoms with Gasteiger partial charge < -0.3 is 14.6 Å². The van der Waals surface area contributed by atoms with Crippen molar-refractivity contribution < 1.29 is 4.42 Å². The highest BCUT2D eigenvalue weighted by molar-refractivity contribution is 7.10. The molecule has 0 saturated heterocycles. The molecule has 4 nitrogen and oxygen atoms in total. The van der Waals surface area contributed by atoms with Gasteiger partial charge >= 0.3 is 0 Å².